The second-order valence-electron chi connectivity index (χ2n) is 24.6. The smallest absolute Gasteiger partial charge is 0.147 e. The lowest BCUT2D eigenvalue weighted by Gasteiger charge is -2.27. The number of pyridine rings is 2. The minimum absolute atomic E-state index is 0.824. The highest BCUT2D eigenvalue weighted by atomic mass is 32.1. The van der Waals surface area contributed by atoms with Gasteiger partial charge in [0.25, 0.3) is 0 Å². The first kappa shape index (κ1) is 51.8. The van der Waals surface area contributed by atoms with Crippen molar-refractivity contribution in [3.63, 3.8) is 0 Å². The van der Waals surface area contributed by atoms with Crippen LogP contribution in [-0.4, -0.2) is 14.5 Å². The zero-order valence-corrected chi connectivity index (χ0v) is 51.8. The van der Waals surface area contributed by atoms with Crippen molar-refractivity contribution in [3.05, 3.63) is 291 Å². The third-order valence-corrected chi connectivity index (χ3v) is 21.9. The molecule has 0 amide bonds. The number of para-hydroxylation sites is 7. The highest BCUT2D eigenvalue weighted by Crippen LogP contribution is 2.56. The quantitative estimate of drug-likeness (QED) is 0.166. The van der Waals surface area contributed by atoms with Crippen molar-refractivity contribution < 1.29 is 8.83 Å². The summed E-state index contributed by atoms with van der Waals surface area (Å²) >= 11 is 3.65. The van der Waals surface area contributed by atoms with Gasteiger partial charge in [0, 0.05) is 97.1 Å². The van der Waals surface area contributed by atoms with Crippen LogP contribution in [0.3, 0.4) is 0 Å². The predicted molar refractivity (Wildman–Crippen MR) is 395 cm³/mol. The van der Waals surface area contributed by atoms with Crippen molar-refractivity contribution in [2.45, 2.75) is 0 Å². The molecule has 21 rings (SSSR count). The van der Waals surface area contributed by atoms with E-state index in [0.29, 0.717) is 0 Å². The third-order valence-electron chi connectivity index (χ3n) is 19.5. The molecule has 94 heavy (non-hydrogen) atoms. The Morgan fingerprint density at radius 2 is 0.798 bits per heavy atom. The van der Waals surface area contributed by atoms with Gasteiger partial charge in [-0.05, 0) is 119 Å². The molecule has 0 fully saturated rings. The molecule has 0 aliphatic carbocycles. The van der Waals surface area contributed by atoms with Gasteiger partial charge in [-0.1, -0.05) is 200 Å². The van der Waals surface area contributed by atoms with Gasteiger partial charge in [0.1, 0.15) is 22.3 Å². The summed E-state index contributed by atoms with van der Waals surface area (Å²) in [6, 6.07) is 106. The van der Waals surface area contributed by atoms with Crippen LogP contribution in [-0.2, 0) is 0 Å². The van der Waals surface area contributed by atoms with Crippen molar-refractivity contribution in [2.24, 2.45) is 0 Å². The summed E-state index contributed by atoms with van der Waals surface area (Å²) in [5, 5.41) is 10.1. The SMILES string of the molecule is c1ccc(-n2c3c(c4ccccc42)-c2ccccc2N(c2ccc(-c4c5cc(-c6ccc7c(c6)sc6c(-c8ccc(-c9c%10oc%11ccccc%11c%10cc%10c9oc9ccccc9%10)cc8)c8ccccc8nc67)ccc5nc5c4sc4ccccc45)cc2)c2ccccc2-3)cc1. The van der Waals surface area contributed by atoms with E-state index in [1.807, 2.05) is 46.9 Å². The number of furan rings is 2. The largest absolute Gasteiger partial charge is 0.455 e. The molecule has 7 aromatic heterocycles. The second-order valence-corrected chi connectivity index (χ2v) is 26.7. The first-order valence-electron chi connectivity index (χ1n) is 31.8. The molecule has 0 saturated carbocycles. The summed E-state index contributed by atoms with van der Waals surface area (Å²) < 4.78 is 20.6. The highest BCUT2D eigenvalue weighted by Gasteiger charge is 2.32. The number of nitrogens with zero attached hydrogens (tertiary/aromatic N) is 4. The standard InChI is InChI=1S/C86H48N4O2S2/c1-2-18-54(19-3-1)90-70-29-13-6-24-60(70)79-59-23-5-12-28-69(59)89(71-30-14-7-25-61(71)82(79)90)55-42-38-50(39-43-55)77-66-46-52(41-45-68(66)88-80-62-26-10-17-33-74(62)93-86(77)80)53-40-44-63-75(47-53)94-85-76(58-22-4-11-27-67(58)87-81(63)85)49-34-36-51(37-35-49)78-83-64(56-20-8-15-31-72(56)91-83)48-65-57-21-9-16-32-73(57)92-84(65)78/h1-48H. The molecule has 0 atom stereocenters. The maximum Gasteiger partial charge on any atom is 0.147 e. The van der Waals surface area contributed by atoms with Gasteiger partial charge in [0.15, 0.2) is 0 Å². The number of benzene rings is 13. The molecule has 13 aromatic carbocycles. The van der Waals surface area contributed by atoms with E-state index in [1.54, 1.807) is 0 Å². The highest BCUT2D eigenvalue weighted by molar-refractivity contribution is 7.26. The van der Waals surface area contributed by atoms with Crippen LogP contribution < -0.4 is 4.90 Å². The zero-order chi connectivity index (χ0) is 61.3. The molecule has 436 valence electrons. The number of hydrogen-bond donors (Lipinski definition) is 0. The molecule has 0 N–H and O–H groups in total. The monoisotopic (exact) mass is 1230 g/mol. The minimum atomic E-state index is 0.824. The number of thiophene rings is 2. The van der Waals surface area contributed by atoms with Crippen LogP contribution in [0, 0.1) is 0 Å². The molecule has 0 radical (unpaired) electrons. The molecular formula is C86H48N4O2S2. The minimum Gasteiger partial charge on any atom is -0.455 e. The topological polar surface area (TPSA) is 60.2 Å². The lowest BCUT2D eigenvalue weighted by Crippen LogP contribution is -2.11. The maximum atomic E-state index is 6.72. The summed E-state index contributed by atoms with van der Waals surface area (Å²) in [6.07, 6.45) is 0. The first-order chi connectivity index (χ1) is 46.6. The summed E-state index contributed by atoms with van der Waals surface area (Å²) in [5.74, 6) is 0. The van der Waals surface area contributed by atoms with E-state index in [9.17, 15) is 0 Å². The molecule has 0 bridgehead atoms. The van der Waals surface area contributed by atoms with Crippen molar-refractivity contribution in [1.29, 1.82) is 0 Å². The van der Waals surface area contributed by atoms with Crippen molar-refractivity contribution in [2.75, 3.05) is 4.90 Å². The average Bonchev–Trinajstić information content (AvgIpc) is 1.56. The fraction of sp³-hybridized carbons (Fsp3) is 0. The average molecular weight is 1230 g/mol. The van der Waals surface area contributed by atoms with Crippen LogP contribution in [0.2, 0.25) is 0 Å². The fourth-order valence-electron chi connectivity index (χ4n) is 15.4. The van der Waals surface area contributed by atoms with Crippen LogP contribution in [0.25, 0.3) is 190 Å². The van der Waals surface area contributed by atoms with E-state index < -0.39 is 0 Å². The van der Waals surface area contributed by atoms with Gasteiger partial charge >= 0.3 is 0 Å². The summed E-state index contributed by atoms with van der Waals surface area (Å²) in [5.41, 5.74) is 26.6. The number of rotatable bonds is 6. The normalized spacial score (nSPS) is 12.4. The maximum absolute atomic E-state index is 6.72. The summed E-state index contributed by atoms with van der Waals surface area (Å²) in [6.45, 7) is 0. The van der Waals surface area contributed by atoms with E-state index in [4.69, 9.17) is 18.8 Å². The Balaban J connectivity index is 0.697. The molecule has 0 unspecified atom stereocenters. The molecule has 6 nitrogen and oxygen atoms in total. The lowest BCUT2D eigenvalue weighted by molar-refractivity contribution is 0.658. The Hall–Kier alpha value is -11.9. The van der Waals surface area contributed by atoms with E-state index in [-0.39, 0.29) is 0 Å². The summed E-state index contributed by atoms with van der Waals surface area (Å²) in [7, 11) is 0. The zero-order valence-electron chi connectivity index (χ0n) is 50.1. The van der Waals surface area contributed by atoms with Crippen LogP contribution in [0.1, 0.15) is 0 Å². The number of hydrogen-bond acceptors (Lipinski definition) is 7. The molecule has 0 saturated heterocycles. The molecule has 0 spiro atoms. The van der Waals surface area contributed by atoms with Crippen molar-refractivity contribution >= 4 is 157 Å². The Labute approximate surface area is 545 Å². The van der Waals surface area contributed by atoms with E-state index in [2.05, 4.69) is 276 Å². The van der Waals surface area contributed by atoms with Gasteiger partial charge in [0.2, 0.25) is 0 Å². The van der Waals surface area contributed by atoms with Crippen LogP contribution in [0.5, 0.6) is 0 Å². The summed E-state index contributed by atoms with van der Waals surface area (Å²) in [4.78, 5) is 13.4. The Morgan fingerprint density at radius 1 is 0.298 bits per heavy atom. The van der Waals surface area contributed by atoms with Gasteiger partial charge in [-0.3, -0.25) is 0 Å². The number of aromatic nitrogens is 3. The molecule has 1 aliphatic heterocycles. The van der Waals surface area contributed by atoms with Crippen LogP contribution in [0.4, 0.5) is 17.1 Å². The van der Waals surface area contributed by atoms with E-state index >= 15 is 0 Å². The predicted octanol–water partition coefficient (Wildman–Crippen LogP) is 25.0. The Morgan fingerprint density at radius 3 is 1.52 bits per heavy atom. The van der Waals surface area contributed by atoms with Crippen molar-refractivity contribution in [3.8, 4) is 72.6 Å². The molecule has 8 heterocycles. The van der Waals surface area contributed by atoms with Gasteiger partial charge in [-0.2, -0.15) is 0 Å². The van der Waals surface area contributed by atoms with Gasteiger partial charge < -0.3 is 18.3 Å². The molecule has 8 heteroatoms. The van der Waals surface area contributed by atoms with Crippen LogP contribution in [0.15, 0.2) is 300 Å². The number of fused-ring (bicyclic) bond motifs is 21. The van der Waals surface area contributed by atoms with Crippen LogP contribution >= 0.6 is 22.7 Å². The fourth-order valence-corrected chi connectivity index (χ4v) is 17.8. The Bertz CT molecular complexity index is 6520. The van der Waals surface area contributed by atoms with E-state index in [0.717, 1.165) is 143 Å². The Kier molecular flexibility index (Phi) is 10.9. The lowest BCUT2D eigenvalue weighted by atomic mass is 9.95. The van der Waals surface area contributed by atoms with Crippen molar-refractivity contribution in [1.82, 2.24) is 14.5 Å². The van der Waals surface area contributed by atoms with Gasteiger partial charge in [0.05, 0.1) is 59.6 Å². The molecule has 1 aliphatic rings. The molecule has 20 aromatic rings. The second kappa shape index (κ2) is 19.8. The van der Waals surface area contributed by atoms with Gasteiger partial charge in [-0.25, -0.2) is 9.97 Å². The third kappa shape index (κ3) is 7.46. The molecular weight excluding hydrogens is 1190 g/mol. The van der Waals surface area contributed by atoms with Gasteiger partial charge in [-0.15, -0.1) is 22.7 Å². The van der Waals surface area contributed by atoms with E-state index in [1.165, 1.54) is 63.9 Å². The first-order valence-corrected chi connectivity index (χ1v) is 33.4. The number of anilines is 3.